The van der Waals surface area contributed by atoms with Crippen molar-refractivity contribution in [2.24, 2.45) is 5.73 Å². The van der Waals surface area contributed by atoms with Crippen LogP contribution in [0.5, 0.6) is 0 Å². The Bertz CT molecular complexity index is 182. The minimum atomic E-state index is -4.58. The van der Waals surface area contributed by atoms with E-state index >= 15 is 0 Å². The van der Waals surface area contributed by atoms with Gasteiger partial charge in [0.05, 0.1) is 18.8 Å². The summed E-state index contributed by atoms with van der Waals surface area (Å²) in [4.78, 5) is 16.8. The molecule has 2 unspecified atom stereocenters. The molecule has 0 radical (unpaired) electrons. The van der Waals surface area contributed by atoms with E-state index in [1.807, 2.05) is 0 Å². The van der Waals surface area contributed by atoms with Gasteiger partial charge >= 0.3 is 7.82 Å². The van der Waals surface area contributed by atoms with Crippen molar-refractivity contribution in [2.75, 3.05) is 13.2 Å². The third-order valence-electron chi connectivity index (χ3n) is 1.29. The third-order valence-corrected chi connectivity index (χ3v) is 1.87. The molecular weight excluding hydrogens is 201 g/mol. The van der Waals surface area contributed by atoms with Crippen LogP contribution >= 0.6 is 7.82 Å². The minimum absolute atomic E-state index is 0.113. The summed E-state index contributed by atoms with van der Waals surface area (Å²) in [6, 6.07) is 0. The van der Waals surface area contributed by atoms with E-state index in [9.17, 15) is 4.57 Å². The largest absolute Gasteiger partial charge is 0.469 e. The summed E-state index contributed by atoms with van der Waals surface area (Å²) in [6.07, 6.45) is -2.15. The Kier molecular flexibility index (Phi) is 5.66. The van der Waals surface area contributed by atoms with E-state index in [2.05, 4.69) is 4.52 Å². The van der Waals surface area contributed by atoms with E-state index in [0.29, 0.717) is 0 Å². The van der Waals surface area contributed by atoms with Gasteiger partial charge in [0.2, 0.25) is 0 Å². The lowest BCUT2D eigenvalue weighted by atomic mass is 10.2. The molecule has 0 aliphatic rings. The van der Waals surface area contributed by atoms with Crippen molar-refractivity contribution in [2.45, 2.75) is 18.6 Å². The molecule has 0 spiro atoms. The van der Waals surface area contributed by atoms with Gasteiger partial charge in [-0.3, -0.25) is 4.52 Å². The molecule has 6 N–H and O–H groups in total. The monoisotopic (exact) mass is 215 g/mol. The number of hydrogen-bond donors (Lipinski definition) is 5. The average Bonchev–Trinajstić information content (AvgIpc) is 2.00. The fraction of sp³-hybridized carbons (Fsp3) is 1.00. The van der Waals surface area contributed by atoms with Gasteiger partial charge in [0, 0.05) is 13.0 Å². The molecule has 0 amide bonds. The molecule has 0 aromatic heterocycles. The number of hydrogen-bond acceptors (Lipinski definition) is 5. The second kappa shape index (κ2) is 5.66. The quantitative estimate of drug-likeness (QED) is 0.329. The van der Waals surface area contributed by atoms with Crippen molar-refractivity contribution in [1.82, 2.24) is 0 Å². The summed E-state index contributed by atoms with van der Waals surface area (Å²) in [7, 11) is -4.58. The summed E-state index contributed by atoms with van der Waals surface area (Å²) in [5.41, 5.74) is 5.12. The number of aliphatic hydroxyl groups excluding tert-OH is 2. The van der Waals surface area contributed by atoms with Crippen LogP contribution < -0.4 is 5.73 Å². The second-order valence-corrected chi connectivity index (χ2v) is 3.72. The van der Waals surface area contributed by atoms with Gasteiger partial charge in [-0.1, -0.05) is 0 Å². The van der Waals surface area contributed by atoms with E-state index in [4.69, 9.17) is 25.7 Å². The van der Waals surface area contributed by atoms with Crippen LogP contribution in [0.4, 0.5) is 0 Å². The highest BCUT2D eigenvalue weighted by Gasteiger charge is 2.23. The molecule has 80 valence electrons. The summed E-state index contributed by atoms with van der Waals surface area (Å²) in [6.45, 7) is -0.636. The van der Waals surface area contributed by atoms with Gasteiger partial charge < -0.3 is 25.7 Å². The second-order valence-electron chi connectivity index (χ2n) is 2.53. The topological polar surface area (TPSA) is 133 Å². The Morgan fingerprint density at radius 1 is 1.46 bits per heavy atom. The van der Waals surface area contributed by atoms with Crippen molar-refractivity contribution >= 4 is 7.82 Å². The number of rotatable bonds is 6. The van der Waals surface area contributed by atoms with Gasteiger partial charge in [-0.25, -0.2) is 4.57 Å². The molecule has 2 atom stereocenters. The number of nitrogens with two attached hydrogens (primary N) is 1. The van der Waals surface area contributed by atoms with Crippen LogP contribution in [0, 0.1) is 0 Å². The molecule has 0 bridgehead atoms. The lowest BCUT2D eigenvalue weighted by Crippen LogP contribution is -2.29. The minimum Gasteiger partial charge on any atom is -0.394 e. The molecular formula is C5H14NO6P. The van der Waals surface area contributed by atoms with Gasteiger partial charge in [0.15, 0.2) is 0 Å². The fourth-order valence-electron chi connectivity index (χ4n) is 0.754. The van der Waals surface area contributed by atoms with Crippen LogP contribution in [-0.4, -0.2) is 45.4 Å². The third kappa shape index (κ3) is 7.09. The Balaban J connectivity index is 3.97. The number of phosphoric ester groups is 1. The standard InChI is InChI=1S/C5H14NO6P/c6-2-5(1-4(8)3-7)12-13(9,10)11/h4-5,7-8H,1-3,6H2,(H2,9,10,11). The summed E-state index contributed by atoms with van der Waals surface area (Å²) in [5, 5.41) is 17.4. The average molecular weight is 215 g/mol. The summed E-state index contributed by atoms with van der Waals surface area (Å²) < 4.78 is 14.6. The zero-order chi connectivity index (χ0) is 10.5. The molecule has 0 fully saturated rings. The van der Waals surface area contributed by atoms with Crippen molar-refractivity contribution in [3.8, 4) is 0 Å². The van der Waals surface area contributed by atoms with Gasteiger partial charge in [-0.15, -0.1) is 0 Å². The predicted molar refractivity (Wildman–Crippen MR) is 43.7 cm³/mol. The first-order valence-electron chi connectivity index (χ1n) is 3.62. The molecule has 0 aliphatic heterocycles. The number of aliphatic hydroxyl groups is 2. The SMILES string of the molecule is NCC(CC(O)CO)OP(=O)(O)O. The molecule has 8 heteroatoms. The highest BCUT2D eigenvalue weighted by atomic mass is 31.2. The van der Waals surface area contributed by atoms with Crippen molar-refractivity contribution in [1.29, 1.82) is 0 Å². The lowest BCUT2D eigenvalue weighted by Gasteiger charge is -2.18. The molecule has 0 saturated heterocycles. The first kappa shape index (κ1) is 13.0. The molecule has 0 rings (SSSR count). The van der Waals surface area contributed by atoms with Crippen LogP contribution in [0.1, 0.15) is 6.42 Å². The predicted octanol–water partition coefficient (Wildman–Crippen LogP) is -1.83. The Hall–Kier alpha value is -0.0100. The van der Waals surface area contributed by atoms with Crippen molar-refractivity contribution in [3.63, 3.8) is 0 Å². The smallest absolute Gasteiger partial charge is 0.394 e. The Labute approximate surface area is 75.4 Å². The Morgan fingerprint density at radius 3 is 2.31 bits per heavy atom. The van der Waals surface area contributed by atoms with E-state index in [-0.39, 0.29) is 13.0 Å². The van der Waals surface area contributed by atoms with Gasteiger partial charge in [0.25, 0.3) is 0 Å². The van der Waals surface area contributed by atoms with Crippen LogP contribution in [0.2, 0.25) is 0 Å². The summed E-state index contributed by atoms with van der Waals surface area (Å²) >= 11 is 0. The van der Waals surface area contributed by atoms with Crippen LogP contribution in [-0.2, 0) is 9.09 Å². The van der Waals surface area contributed by atoms with E-state index in [1.165, 1.54) is 0 Å². The molecule has 0 heterocycles. The van der Waals surface area contributed by atoms with Crippen molar-refractivity contribution < 1.29 is 29.1 Å². The zero-order valence-corrected chi connectivity index (χ0v) is 7.80. The molecule has 0 aliphatic carbocycles. The van der Waals surface area contributed by atoms with Crippen LogP contribution in [0.15, 0.2) is 0 Å². The lowest BCUT2D eigenvalue weighted by molar-refractivity contribution is 0.0419. The number of phosphoric acid groups is 1. The maximum absolute atomic E-state index is 10.3. The maximum Gasteiger partial charge on any atom is 0.469 e. The molecule has 0 aromatic carbocycles. The summed E-state index contributed by atoms with van der Waals surface area (Å²) in [5.74, 6) is 0. The van der Waals surface area contributed by atoms with E-state index in [1.54, 1.807) is 0 Å². The van der Waals surface area contributed by atoms with Crippen molar-refractivity contribution in [3.05, 3.63) is 0 Å². The Morgan fingerprint density at radius 2 is 2.00 bits per heavy atom. The van der Waals surface area contributed by atoms with Gasteiger partial charge in [0.1, 0.15) is 0 Å². The van der Waals surface area contributed by atoms with Crippen LogP contribution in [0.3, 0.4) is 0 Å². The molecule has 0 aromatic rings. The maximum atomic E-state index is 10.3. The normalized spacial score (nSPS) is 17.0. The fourth-order valence-corrected chi connectivity index (χ4v) is 1.31. The highest BCUT2D eigenvalue weighted by molar-refractivity contribution is 7.46. The molecule has 0 saturated carbocycles. The zero-order valence-electron chi connectivity index (χ0n) is 6.91. The first-order chi connectivity index (χ1) is 5.89. The van der Waals surface area contributed by atoms with E-state index < -0.39 is 26.6 Å². The first-order valence-corrected chi connectivity index (χ1v) is 5.15. The molecule has 13 heavy (non-hydrogen) atoms. The van der Waals surface area contributed by atoms with E-state index in [0.717, 1.165) is 0 Å². The molecule has 7 nitrogen and oxygen atoms in total. The van der Waals surface area contributed by atoms with Gasteiger partial charge in [-0.05, 0) is 0 Å². The highest BCUT2D eigenvalue weighted by Crippen LogP contribution is 2.38. The van der Waals surface area contributed by atoms with Gasteiger partial charge in [-0.2, -0.15) is 0 Å². The van der Waals surface area contributed by atoms with Crippen LogP contribution in [0.25, 0.3) is 0 Å².